The van der Waals surface area contributed by atoms with Gasteiger partial charge in [-0.25, -0.2) is 0 Å². The van der Waals surface area contributed by atoms with E-state index in [0.717, 1.165) is 16.8 Å². The van der Waals surface area contributed by atoms with Crippen LogP contribution in [-0.2, 0) is 22.4 Å². The molecular formula is C31H30N6O4. The summed E-state index contributed by atoms with van der Waals surface area (Å²) in [6.45, 7) is 4.50. The molecule has 0 aliphatic carbocycles. The molecule has 0 saturated carbocycles. The quantitative estimate of drug-likeness (QED) is 0.210. The topological polar surface area (TPSA) is 123 Å². The van der Waals surface area contributed by atoms with Crippen LogP contribution in [-0.4, -0.2) is 52.0 Å². The molecule has 10 heteroatoms. The lowest BCUT2D eigenvalue weighted by Gasteiger charge is -2.27. The molecule has 1 fully saturated rings. The maximum atomic E-state index is 12.6. The van der Waals surface area contributed by atoms with Gasteiger partial charge in [0.05, 0.1) is 18.1 Å². The van der Waals surface area contributed by atoms with E-state index in [-0.39, 0.29) is 11.5 Å². The first kappa shape index (κ1) is 27.6. The van der Waals surface area contributed by atoms with Crippen molar-refractivity contribution in [2.24, 2.45) is 0 Å². The van der Waals surface area contributed by atoms with Gasteiger partial charge in [0.25, 0.3) is 5.69 Å². The summed E-state index contributed by atoms with van der Waals surface area (Å²) in [4.78, 5) is 39.1. The number of anilines is 3. The van der Waals surface area contributed by atoms with Gasteiger partial charge in [-0.15, -0.1) is 0 Å². The number of aromatic nitrogens is 3. The van der Waals surface area contributed by atoms with Crippen molar-refractivity contribution < 1.29 is 14.5 Å². The molecule has 41 heavy (non-hydrogen) atoms. The third-order valence-corrected chi connectivity index (χ3v) is 6.57. The van der Waals surface area contributed by atoms with Crippen LogP contribution in [0.3, 0.4) is 0 Å². The summed E-state index contributed by atoms with van der Waals surface area (Å²) in [5.41, 5.74) is 4.56. The molecule has 2 heterocycles. The molecular weight excluding hydrogens is 520 g/mol. The Morgan fingerprint density at radius 1 is 0.951 bits per heavy atom. The highest BCUT2D eigenvalue weighted by atomic mass is 16.6. The lowest BCUT2D eigenvalue weighted by molar-refractivity contribution is -0.384. The van der Waals surface area contributed by atoms with E-state index in [1.807, 2.05) is 60.4 Å². The number of nitro groups is 1. The van der Waals surface area contributed by atoms with Crippen molar-refractivity contribution in [3.05, 3.63) is 111 Å². The van der Waals surface area contributed by atoms with Crippen LogP contribution in [0.5, 0.6) is 0 Å². The molecule has 0 amide bonds. The third-order valence-electron chi connectivity index (χ3n) is 6.57. The second-order valence-corrected chi connectivity index (χ2v) is 9.80. The summed E-state index contributed by atoms with van der Waals surface area (Å²) >= 11 is 0. The Hall–Kier alpha value is -4.96. The number of nitro benzene ring substituents is 1. The molecule has 208 valence electrons. The zero-order valence-electron chi connectivity index (χ0n) is 22.7. The van der Waals surface area contributed by atoms with Crippen LogP contribution >= 0.6 is 0 Å². The number of aryl methyl sites for hydroxylation is 1. The van der Waals surface area contributed by atoms with E-state index in [1.54, 1.807) is 24.3 Å². The number of carbonyl (C=O) groups excluding carboxylic acids is 1. The van der Waals surface area contributed by atoms with Crippen LogP contribution in [0.25, 0.3) is 12.2 Å². The minimum Gasteiger partial charge on any atom is -0.378 e. The van der Waals surface area contributed by atoms with Crippen LogP contribution in [0.15, 0.2) is 72.8 Å². The first-order chi connectivity index (χ1) is 19.9. The summed E-state index contributed by atoms with van der Waals surface area (Å²) in [5.74, 6) is 1.45. The highest BCUT2D eigenvalue weighted by molar-refractivity contribution is 5.83. The van der Waals surface area contributed by atoms with Gasteiger partial charge < -0.3 is 15.0 Å². The van der Waals surface area contributed by atoms with Crippen molar-refractivity contribution in [1.29, 1.82) is 0 Å². The van der Waals surface area contributed by atoms with Gasteiger partial charge in [0.2, 0.25) is 11.9 Å². The number of benzene rings is 3. The molecule has 0 atom stereocenters. The zero-order valence-corrected chi connectivity index (χ0v) is 22.7. The van der Waals surface area contributed by atoms with Gasteiger partial charge in [-0.05, 0) is 41.8 Å². The molecule has 1 aromatic heterocycles. The zero-order chi connectivity index (χ0) is 28.6. The molecule has 0 radical (unpaired) electrons. The Morgan fingerprint density at radius 2 is 1.63 bits per heavy atom. The number of hydrogen-bond donors (Lipinski definition) is 1. The van der Waals surface area contributed by atoms with Crippen LogP contribution in [0.1, 0.15) is 28.1 Å². The number of ether oxygens (including phenoxy) is 1. The van der Waals surface area contributed by atoms with E-state index < -0.39 is 4.92 Å². The van der Waals surface area contributed by atoms with Crippen molar-refractivity contribution in [3.63, 3.8) is 0 Å². The van der Waals surface area contributed by atoms with Gasteiger partial charge in [0.1, 0.15) is 5.78 Å². The number of ketones is 1. The van der Waals surface area contributed by atoms with Gasteiger partial charge >= 0.3 is 0 Å². The Balaban J connectivity index is 1.31. The summed E-state index contributed by atoms with van der Waals surface area (Å²) in [5, 5.41) is 14.4. The third kappa shape index (κ3) is 7.80. The second kappa shape index (κ2) is 12.9. The summed E-state index contributed by atoms with van der Waals surface area (Å²) in [6, 6.07) is 22.0. The number of rotatable bonds is 10. The van der Waals surface area contributed by atoms with E-state index in [1.165, 1.54) is 17.7 Å². The first-order valence-electron chi connectivity index (χ1n) is 13.4. The summed E-state index contributed by atoms with van der Waals surface area (Å²) in [6.07, 6.45) is 4.20. The fourth-order valence-electron chi connectivity index (χ4n) is 4.39. The number of carbonyl (C=O) groups is 1. The van der Waals surface area contributed by atoms with Crippen LogP contribution in [0, 0.1) is 17.0 Å². The number of nitrogens with one attached hydrogen (secondary N) is 1. The maximum absolute atomic E-state index is 12.6. The number of hydrogen-bond acceptors (Lipinski definition) is 9. The lowest BCUT2D eigenvalue weighted by atomic mass is 10.0. The Kier molecular flexibility index (Phi) is 8.70. The molecule has 1 N–H and O–H groups in total. The molecule has 0 spiro atoms. The van der Waals surface area contributed by atoms with Crippen LogP contribution in [0.4, 0.5) is 23.3 Å². The number of non-ortho nitro benzene ring substituents is 1. The Bertz CT molecular complexity index is 1550. The van der Waals surface area contributed by atoms with Gasteiger partial charge in [0.15, 0.2) is 5.82 Å². The van der Waals surface area contributed by atoms with E-state index in [2.05, 4.69) is 20.3 Å². The SMILES string of the molecule is Cc1ccc(CC(=O)Cc2ccc(Nc3nc(/C=C/c4cccc([N+](=O)[O-])c4)nc(N4CCOCC4)n3)cc2)cc1. The summed E-state index contributed by atoms with van der Waals surface area (Å²) < 4.78 is 5.47. The van der Waals surface area contributed by atoms with E-state index in [0.29, 0.717) is 62.4 Å². The highest BCUT2D eigenvalue weighted by Gasteiger charge is 2.16. The van der Waals surface area contributed by atoms with Crippen molar-refractivity contribution in [1.82, 2.24) is 15.0 Å². The average Bonchev–Trinajstić information content (AvgIpc) is 2.99. The molecule has 3 aromatic carbocycles. The molecule has 10 nitrogen and oxygen atoms in total. The standard InChI is InChI=1S/C31H30N6O4/c1-22-5-7-24(8-6-22)20-28(38)21-25-9-12-26(13-10-25)32-30-33-29(34-31(35-30)36-15-17-41-18-16-36)14-11-23-3-2-4-27(19-23)37(39)40/h2-14,19H,15-18,20-21H2,1H3,(H,32,33,34,35)/b14-11+. The fraction of sp³-hybridized carbons (Fsp3) is 0.226. The van der Waals surface area contributed by atoms with Gasteiger partial charge in [-0.1, -0.05) is 60.2 Å². The molecule has 0 bridgehead atoms. The van der Waals surface area contributed by atoms with Crippen molar-refractivity contribution >= 4 is 41.2 Å². The lowest BCUT2D eigenvalue weighted by Crippen LogP contribution is -2.37. The fourth-order valence-corrected chi connectivity index (χ4v) is 4.39. The van der Waals surface area contributed by atoms with Crippen molar-refractivity contribution in [3.8, 4) is 0 Å². The van der Waals surface area contributed by atoms with Gasteiger partial charge in [-0.3, -0.25) is 14.9 Å². The van der Waals surface area contributed by atoms with E-state index >= 15 is 0 Å². The molecule has 5 rings (SSSR count). The van der Waals surface area contributed by atoms with E-state index in [4.69, 9.17) is 4.74 Å². The van der Waals surface area contributed by atoms with E-state index in [9.17, 15) is 14.9 Å². The molecule has 4 aromatic rings. The Labute approximate surface area is 237 Å². The Morgan fingerprint density at radius 3 is 2.32 bits per heavy atom. The normalized spacial score (nSPS) is 13.3. The molecule has 1 aliphatic heterocycles. The number of nitrogens with zero attached hydrogens (tertiary/aromatic N) is 5. The second-order valence-electron chi connectivity index (χ2n) is 9.80. The molecule has 0 unspecified atom stereocenters. The average molecular weight is 551 g/mol. The van der Waals surface area contributed by atoms with Crippen LogP contribution < -0.4 is 10.2 Å². The smallest absolute Gasteiger partial charge is 0.270 e. The highest BCUT2D eigenvalue weighted by Crippen LogP contribution is 2.20. The van der Waals surface area contributed by atoms with Crippen molar-refractivity contribution in [2.45, 2.75) is 19.8 Å². The van der Waals surface area contributed by atoms with Gasteiger partial charge in [0, 0.05) is 43.8 Å². The minimum absolute atomic E-state index is 0.0134. The largest absolute Gasteiger partial charge is 0.378 e. The minimum atomic E-state index is -0.427. The summed E-state index contributed by atoms with van der Waals surface area (Å²) in [7, 11) is 0. The predicted octanol–water partition coefficient (Wildman–Crippen LogP) is 5.19. The monoisotopic (exact) mass is 550 g/mol. The number of Topliss-reactive ketones (excluding diaryl/α,β-unsaturated/α-hetero) is 1. The van der Waals surface area contributed by atoms with Crippen LogP contribution in [0.2, 0.25) is 0 Å². The maximum Gasteiger partial charge on any atom is 0.270 e. The molecule has 1 saturated heterocycles. The van der Waals surface area contributed by atoms with Gasteiger partial charge in [-0.2, -0.15) is 15.0 Å². The molecule has 1 aliphatic rings. The predicted molar refractivity (Wildman–Crippen MR) is 158 cm³/mol. The van der Waals surface area contributed by atoms with Crippen molar-refractivity contribution in [2.75, 3.05) is 36.5 Å². The number of morpholine rings is 1. The first-order valence-corrected chi connectivity index (χ1v) is 13.4.